The maximum atomic E-state index is 11.2. The molecule has 0 bridgehead atoms. The molecule has 1 fully saturated rings. The lowest BCUT2D eigenvalue weighted by Gasteiger charge is -2.36. The molecule has 1 atom stereocenters. The number of likely N-dealkylation sites (tertiary alicyclic amines) is 1. The number of hydrogen-bond donors (Lipinski definition) is 1. The highest BCUT2D eigenvalue weighted by Gasteiger charge is 2.26. The zero-order chi connectivity index (χ0) is 9.14. The number of nitrogens with zero attached hydrogens (tertiary/aromatic N) is 1. The van der Waals surface area contributed by atoms with Crippen LogP contribution in [0, 0.1) is 0 Å². The van der Waals surface area contributed by atoms with Crippen LogP contribution in [0.2, 0.25) is 0 Å². The van der Waals surface area contributed by atoms with Gasteiger partial charge in [0.25, 0.3) is 0 Å². The quantitative estimate of drug-likeness (QED) is 0.616. The predicted octanol–water partition coefficient (Wildman–Crippen LogP) is -1.08. The van der Waals surface area contributed by atoms with Crippen LogP contribution < -0.4 is 5.73 Å². The van der Waals surface area contributed by atoms with E-state index in [0.29, 0.717) is 25.3 Å². The van der Waals surface area contributed by atoms with E-state index in [0.717, 1.165) is 0 Å². The van der Waals surface area contributed by atoms with E-state index in [9.17, 15) is 9.00 Å². The molecule has 0 aromatic carbocycles. The fraction of sp³-hybridized carbons (Fsp3) is 0.857. The van der Waals surface area contributed by atoms with Crippen LogP contribution in [0.1, 0.15) is 6.42 Å². The Labute approximate surface area is 74.6 Å². The van der Waals surface area contributed by atoms with Gasteiger partial charge < -0.3 is 10.6 Å². The van der Waals surface area contributed by atoms with Gasteiger partial charge >= 0.3 is 0 Å². The van der Waals surface area contributed by atoms with Crippen LogP contribution in [-0.2, 0) is 15.6 Å². The summed E-state index contributed by atoms with van der Waals surface area (Å²) in [5, 5.41) is 0. The van der Waals surface area contributed by atoms with E-state index >= 15 is 0 Å². The largest absolute Gasteiger partial charge is 0.339 e. The minimum atomic E-state index is -0.868. The Morgan fingerprint density at radius 2 is 2.25 bits per heavy atom. The third-order valence-corrected chi connectivity index (χ3v) is 2.64. The van der Waals surface area contributed by atoms with Gasteiger partial charge in [0.15, 0.2) is 0 Å². The Balaban J connectivity index is 2.17. The first-order valence-electron chi connectivity index (χ1n) is 3.93. The molecule has 0 aromatic heterocycles. The van der Waals surface area contributed by atoms with Crippen molar-refractivity contribution in [3.63, 3.8) is 0 Å². The van der Waals surface area contributed by atoms with E-state index in [4.69, 9.17) is 5.73 Å². The van der Waals surface area contributed by atoms with Gasteiger partial charge in [0.2, 0.25) is 5.91 Å². The molecular weight excluding hydrogens is 176 g/mol. The number of carbonyl (C=O) groups excluding carboxylic acids is 1. The molecule has 0 spiro atoms. The van der Waals surface area contributed by atoms with E-state index in [-0.39, 0.29) is 11.9 Å². The lowest BCUT2D eigenvalue weighted by Crippen LogP contribution is -2.57. The van der Waals surface area contributed by atoms with Crippen molar-refractivity contribution >= 4 is 16.7 Å². The van der Waals surface area contributed by atoms with Crippen LogP contribution >= 0.6 is 0 Å². The lowest BCUT2D eigenvalue weighted by molar-refractivity contribution is -0.134. The average molecular weight is 190 g/mol. The molecule has 1 rings (SSSR count). The highest BCUT2D eigenvalue weighted by Crippen LogP contribution is 2.06. The molecule has 2 N–H and O–H groups in total. The minimum Gasteiger partial charge on any atom is -0.339 e. The molecule has 0 saturated carbocycles. The summed E-state index contributed by atoms with van der Waals surface area (Å²) in [5.74, 6) is 0.539. The molecular formula is C7H14N2O2S. The van der Waals surface area contributed by atoms with Crippen molar-refractivity contribution in [2.75, 3.05) is 25.1 Å². The van der Waals surface area contributed by atoms with E-state index in [1.165, 1.54) is 0 Å². The van der Waals surface area contributed by atoms with Crippen molar-refractivity contribution in [1.82, 2.24) is 4.90 Å². The summed E-state index contributed by atoms with van der Waals surface area (Å²) in [6, 6.07) is 0.154. The molecule has 70 valence electrons. The van der Waals surface area contributed by atoms with E-state index in [1.54, 1.807) is 11.2 Å². The standard InChI is InChI=1S/C7H14N2O2S/c1-12(11)3-2-7(10)9-4-6(8)5-9/h6H,2-5,8H2,1H3. The molecule has 1 unspecified atom stereocenters. The highest BCUT2D eigenvalue weighted by atomic mass is 32.2. The third kappa shape index (κ3) is 2.57. The number of nitrogens with two attached hydrogens (primary N) is 1. The van der Waals surface area contributed by atoms with Gasteiger partial charge in [0.05, 0.1) is 0 Å². The minimum absolute atomic E-state index is 0.0758. The zero-order valence-electron chi connectivity index (χ0n) is 7.16. The predicted molar refractivity (Wildman–Crippen MR) is 48.1 cm³/mol. The summed E-state index contributed by atoms with van der Waals surface area (Å²) < 4.78 is 10.7. The van der Waals surface area contributed by atoms with Gasteiger partial charge in [-0.3, -0.25) is 9.00 Å². The van der Waals surface area contributed by atoms with Crippen LogP contribution in [0.15, 0.2) is 0 Å². The molecule has 0 radical (unpaired) electrons. The summed E-state index contributed by atoms with van der Waals surface area (Å²) >= 11 is 0. The molecule has 1 aliphatic heterocycles. The van der Waals surface area contributed by atoms with Crippen LogP contribution in [0.4, 0.5) is 0 Å². The molecule has 12 heavy (non-hydrogen) atoms. The smallest absolute Gasteiger partial charge is 0.223 e. The van der Waals surface area contributed by atoms with Crippen LogP contribution in [0.3, 0.4) is 0 Å². The monoisotopic (exact) mass is 190 g/mol. The average Bonchev–Trinajstić information content (AvgIpc) is 1.94. The van der Waals surface area contributed by atoms with E-state index in [2.05, 4.69) is 0 Å². The van der Waals surface area contributed by atoms with Crippen molar-refractivity contribution in [2.45, 2.75) is 12.5 Å². The van der Waals surface area contributed by atoms with Gasteiger partial charge in [-0.15, -0.1) is 0 Å². The van der Waals surface area contributed by atoms with Crippen molar-refractivity contribution < 1.29 is 9.00 Å². The van der Waals surface area contributed by atoms with Crippen LogP contribution in [0.25, 0.3) is 0 Å². The Morgan fingerprint density at radius 3 is 2.67 bits per heavy atom. The second kappa shape index (κ2) is 4.00. The summed E-state index contributed by atoms with van der Waals surface area (Å²) in [7, 11) is -0.868. The molecule has 1 heterocycles. The van der Waals surface area contributed by atoms with Gasteiger partial charge in [-0.25, -0.2) is 0 Å². The Bertz CT molecular complexity index is 202. The number of hydrogen-bond acceptors (Lipinski definition) is 3. The highest BCUT2D eigenvalue weighted by molar-refractivity contribution is 7.84. The van der Waals surface area contributed by atoms with Gasteiger partial charge in [-0.05, 0) is 0 Å². The maximum Gasteiger partial charge on any atom is 0.223 e. The van der Waals surface area contributed by atoms with Crippen LogP contribution in [0.5, 0.6) is 0 Å². The van der Waals surface area contributed by atoms with E-state index in [1.807, 2.05) is 0 Å². The van der Waals surface area contributed by atoms with Gasteiger partial charge in [0.1, 0.15) is 0 Å². The van der Waals surface area contributed by atoms with Crippen molar-refractivity contribution in [1.29, 1.82) is 0 Å². The van der Waals surface area contributed by atoms with Crippen LogP contribution in [-0.4, -0.2) is 46.2 Å². The lowest BCUT2D eigenvalue weighted by atomic mass is 10.1. The van der Waals surface area contributed by atoms with Gasteiger partial charge in [-0.2, -0.15) is 0 Å². The summed E-state index contributed by atoms with van der Waals surface area (Å²) in [6.45, 7) is 1.32. The number of carbonyl (C=O) groups is 1. The first-order valence-corrected chi connectivity index (χ1v) is 5.65. The molecule has 0 aromatic rings. The molecule has 4 nitrogen and oxygen atoms in total. The van der Waals surface area contributed by atoms with Crippen molar-refractivity contribution in [3.8, 4) is 0 Å². The van der Waals surface area contributed by atoms with Gasteiger partial charge in [-0.1, -0.05) is 0 Å². The van der Waals surface area contributed by atoms with E-state index < -0.39 is 10.8 Å². The molecule has 5 heteroatoms. The Hall–Kier alpha value is -0.420. The Morgan fingerprint density at radius 1 is 1.67 bits per heavy atom. The van der Waals surface area contributed by atoms with Crippen molar-refractivity contribution in [3.05, 3.63) is 0 Å². The zero-order valence-corrected chi connectivity index (χ0v) is 7.97. The topological polar surface area (TPSA) is 63.4 Å². The number of rotatable bonds is 3. The maximum absolute atomic E-state index is 11.2. The first-order chi connectivity index (χ1) is 5.59. The van der Waals surface area contributed by atoms with Crippen molar-refractivity contribution in [2.24, 2.45) is 5.73 Å². The number of amides is 1. The summed E-state index contributed by atoms with van der Waals surface area (Å²) in [6.07, 6.45) is 1.99. The molecule has 0 aliphatic carbocycles. The summed E-state index contributed by atoms with van der Waals surface area (Å²) in [5.41, 5.74) is 5.51. The second-order valence-corrected chi connectivity index (χ2v) is 4.64. The fourth-order valence-corrected chi connectivity index (χ4v) is 1.57. The molecule has 1 saturated heterocycles. The fourth-order valence-electron chi connectivity index (χ4n) is 1.11. The third-order valence-electron chi connectivity index (χ3n) is 1.87. The van der Waals surface area contributed by atoms with Gasteiger partial charge in [0, 0.05) is 48.4 Å². The molecule has 1 aliphatic rings. The molecule has 1 amide bonds. The summed E-state index contributed by atoms with van der Waals surface area (Å²) in [4.78, 5) is 12.9. The normalized spacial score (nSPS) is 20.3. The Kier molecular flexibility index (Phi) is 3.22. The SMILES string of the molecule is CS(=O)CCC(=O)N1CC(N)C1. The first kappa shape index (κ1) is 9.67. The second-order valence-electron chi connectivity index (χ2n) is 3.09.